The van der Waals surface area contributed by atoms with E-state index in [1.54, 1.807) is 54.6 Å². The zero-order chi connectivity index (χ0) is 22.2. The second-order valence-electron chi connectivity index (χ2n) is 6.96. The van der Waals surface area contributed by atoms with Crippen LogP contribution < -0.4 is 9.47 Å². The van der Waals surface area contributed by atoms with Crippen molar-refractivity contribution in [3.8, 4) is 22.8 Å². The van der Waals surface area contributed by atoms with Crippen LogP contribution >= 0.6 is 0 Å². The van der Waals surface area contributed by atoms with Gasteiger partial charge in [-0.15, -0.1) is 0 Å². The molecular formula is C24H21NO5S. The van der Waals surface area contributed by atoms with Crippen LogP contribution in [-0.2, 0) is 10.0 Å². The SMILES string of the molecule is COc1ccc(C=O)c(OC)c1-c1c(C)c2ccccc2n1S(=O)(=O)c1ccccc1. The number of methoxy groups -OCH3 is 2. The predicted octanol–water partition coefficient (Wildman–Crippen LogP) is 4.68. The molecule has 4 rings (SSSR count). The van der Waals surface area contributed by atoms with Crippen LogP contribution in [0.15, 0.2) is 71.6 Å². The standard InChI is InChI=1S/C24H21NO5S/c1-16-19-11-7-8-12-20(19)25(31(27,28)18-9-5-4-6-10-18)23(16)22-21(29-2)14-13-17(15-26)24(22)30-3/h4-15H,1-3H3. The summed E-state index contributed by atoms with van der Waals surface area (Å²) >= 11 is 0. The van der Waals surface area contributed by atoms with Crippen LogP contribution in [0.4, 0.5) is 0 Å². The van der Waals surface area contributed by atoms with Crippen LogP contribution in [0.2, 0.25) is 0 Å². The molecule has 0 fully saturated rings. The molecule has 0 bridgehead atoms. The molecule has 3 aromatic carbocycles. The molecule has 0 amide bonds. The Morgan fingerprint density at radius 1 is 0.871 bits per heavy atom. The zero-order valence-corrected chi connectivity index (χ0v) is 18.1. The van der Waals surface area contributed by atoms with Gasteiger partial charge in [0.2, 0.25) is 0 Å². The second-order valence-corrected chi connectivity index (χ2v) is 8.74. The molecule has 0 saturated heterocycles. The number of benzene rings is 3. The van der Waals surface area contributed by atoms with Crippen molar-refractivity contribution in [1.29, 1.82) is 0 Å². The largest absolute Gasteiger partial charge is 0.496 e. The minimum atomic E-state index is -3.98. The number of nitrogens with zero attached hydrogens (tertiary/aromatic N) is 1. The number of ether oxygens (including phenoxy) is 2. The van der Waals surface area contributed by atoms with Gasteiger partial charge in [0.15, 0.2) is 6.29 Å². The highest BCUT2D eigenvalue weighted by atomic mass is 32.2. The van der Waals surface area contributed by atoms with Gasteiger partial charge in [0.1, 0.15) is 11.5 Å². The first-order valence-electron chi connectivity index (χ1n) is 9.57. The van der Waals surface area contributed by atoms with Gasteiger partial charge in [0.05, 0.1) is 41.5 Å². The summed E-state index contributed by atoms with van der Waals surface area (Å²) in [6.07, 6.45) is 0.676. The number of aryl methyl sites for hydroxylation is 1. The zero-order valence-electron chi connectivity index (χ0n) is 17.3. The van der Waals surface area contributed by atoms with E-state index in [4.69, 9.17) is 9.47 Å². The van der Waals surface area contributed by atoms with Crippen molar-refractivity contribution in [1.82, 2.24) is 3.97 Å². The van der Waals surface area contributed by atoms with E-state index >= 15 is 0 Å². The first-order chi connectivity index (χ1) is 15.0. The summed E-state index contributed by atoms with van der Waals surface area (Å²) in [5.41, 5.74) is 2.35. The Balaban J connectivity index is 2.22. The maximum atomic E-state index is 13.8. The molecule has 0 aliphatic carbocycles. The Labute approximate surface area is 180 Å². The third-order valence-electron chi connectivity index (χ3n) is 5.30. The van der Waals surface area contributed by atoms with Gasteiger partial charge >= 0.3 is 0 Å². The topological polar surface area (TPSA) is 74.6 Å². The highest BCUT2D eigenvalue weighted by molar-refractivity contribution is 7.90. The second kappa shape index (κ2) is 7.92. The summed E-state index contributed by atoms with van der Waals surface area (Å²) in [7, 11) is -1.04. The van der Waals surface area contributed by atoms with Gasteiger partial charge < -0.3 is 9.47 Å². The molecule has 6 nitrogen and oxygen atoms in total. The third kappa shape index (κ3) is 3.18. The van der Waals surface area contributed by atoms with E-state index in [2.05, 4.69) is 0 Å². The number of hydrogen-bond donors (Lipinski definition) is 0. The molecule has 0 aliphatic rings. The molecule has 0 N–H and O–H groups in total. The first kappa shape index (κ1) is 20.7. The summed E-state index contributed by atoms with van der Waals surface area (Å²) in [4.78, 5) is 11.8. The lowest BCUT2D eigenvalue weighted by molar-refractivity contribution is 0.112. The quantitative estimate of drug-likeness (QED) is 0.411. The van der Waals surface area contributed by atoms with Crippen LogP contribution in [0, 0.1) is 6.92 Å². The van der Waals surface area contributed by atoms with Gasteiger partial charge in [-0.3, -0.25) is 4.79 Å². The molecule has 0 spiro atoms. The molecule has 0 saturated carbocycles. The monoisotopic (exact) mass is 435 g/mol. The normalized spacial score (nSPS) is 11.5. The Hall–Kier alpha value is -3.58. The van der Waals surface area contributed by atoms with Gasteiger partial charge in [0, 0.05) is 5.39 Å². The van der Waals surface area contributed by atoms with Crippen LogP contribution in [0.25, 0.3) is 22.2 Å². The molecule has 0 atom stereocenters. The summed E-state index contributed by atoms with van der Waals surface area (Å²) < 4.78 is 40.1. The van der Waals surface area contributed by atoms with Gasteiger partial charge in [-0.2, -0.15) is 0 Å². The fraction of sp³-hybridized carbons (Fsp3) is 0.125. The van der Waals surface area contributed by atoms with Crippen molar-refractivity contribution >= 4 is 27.2 Å². The number of rotatable bonds is 6. The van der Waals surface area contributed by atoms with Crippen LogP contribution in [0.3, 0.4) is 0 Å². The molecule has 1 heterocycles. The van der Waals surface area contributed by atoms with E-state index in [0.29, 0.717) is 34.4 Å². The van der Waals surface area contributed by atoms with Crippen molar-refractivity contribution in [2.75, 3.05) is 14.2 Å². The van der Waals surface area contributed by atoms with Crippen molar-refractivity contribution in [2.24, 2.45) is 0 Å². The first-order valence-corrected chi connectivity index (χ1v) is 11.0. The molecule has 0 unspecified atom stereocenters. The molecule has 0 radical (unpaired) electrons. The van der Waals surface area contributed by atoms with Gasteiger partial charge in [-0.25, -0.2) is 12.4 Å². The van der Waals surface area contributed by atoms with E-state index in [9.17, 15) is 13.2 Å². The molecule has 31 heavy (non-hydrogen) atoms. The summed E-state index contributed by atoms with van der Waals surface area (Å²) in [5.74, 6) is 0.655. The molecule has 7 heteroatoms. The van der Waals surface area contributed by atoms with Crippen LogP contribution in [0.1, 0.15) is 15.9 Å². The van der Waals surface area contributed by atoms with Crippen LogP contribution in [0.5, 0.6) is 11.5 Å². The maximum absolute atomic E-state index is 13.8. The number of carbonyl (C=O) groups is 1. The Bertz CT molecular complexity index is 1390. The average molecular weight is 436 g/mol. The number of aromatic nitrogens is 1. The Morgan fingerprint density at radius 3 is 2.19 bits per heavy atom. The number of carbonyl (C=O) groups excluding carboxylic acids is 1. The van der Waals surface area contributed by atoms with Gasteiger partial charge in [0.25, 0.3) is 10.0 Å². The molecule has 0 aliphatic heterocycles. The van der Waals surface area contributed by atoms with E-state index in [0.717, 1.165) is 10.9 Å². The average Bonchev–Trinajstić information content (AvgIpc) is 3.11. The molecule has 1 aromatic heterocycles. The molecule has 4 aromatic rings. The highest BCUT2D eigenvalue weighted by Crippen LogP contribution is 2.45. The van der Waals surface area contributed by atoms with E-state index in [1.165, 1.54) is 18.2 Å². The lowest BCUT2D eigenvalue weighted by Crippen LogP contribution is -2.15. The van der Waals surface area contributed by atoms with Crippen molar-refractivity contribution in [3.05, 3.63) is 77.9 Å². The summed E-state index contributed by atoms with van der Waals surface area (Å²) in [6, 6.07) is 18.7. The van der Waals surface area contributed by atoms with Crippen molar-refractivity contribution < 1.29 is 22.7 Å². The fourth-order valence-electron chi connectivity index (χ4n) is 3.89. The number of para-hydroxylation sites is 1. The molecule has 158 valence electrons. The minimum Gasteiger partial charge on any atom is -0.496 e. The van der Waals surface area contributed by atoms with E-state index in [1.807, 2.05) is 19.1 Å². The van der Waals surface area contributed by atoms with Crippen molar-refractivity contribution in [3.63, 3.8) is 0 Å². The van der Waals surface area contributed by atoms with Gasteiger partial charge in [-0.1, -0.05) is 36.4 Å². The fourth-order valence-corrected chi connectivity index (χ4v) is 5.49. The third-order valence-corrected chi connectivity index (χ3v) is 7.03. The van der Waals surface area contributed by atoms with E-state index in [-0.39, 0.29) is 10.6 Å². The molecular weight excluding hydrogens is 414 g/mol. The maximum Gasteiger partial charge on any atom is 0.268 e. The summed E-state index contributed by atoms with van der Waals surface area (Å²) in [6.45, 7) is 1.85. The number of hydrogen-bond acceptors (Lipinski definition) is 5. The predicted molar refractivity (Wildman–Crippen MR) is 120 cm³/mol. The van der Waals surface area contributed by atoms with Crippen molar-refractivity contribution in [2.45, 2.75) is 11.8 Å². The highest BCUT2D eigenvalue weighted by Gasteiger charge is 2.30. The minimum absolute atomic E-state index is 0.154. The lowest BCUT2D eigenvalue weighted by Gasteiger charge is -2.18. The summed E-state index contributed by atoms with van der Waals surface area (Å²) in [5, 5.41) is 0.776. The Kier molecular flexibility index (Phi) is 5.29. The number of fused-ring (bicyclic) bond motifs is 1. The van der Waals surface area contributed by atoms with E-state index < -0.39 is 10.0 Å². The Morgan fingerprint density at radius 2 is 1.55 bits per heavy atom. The number of aldehydes is 1. The van der Waals surface area contributed by atoms with Gasteiger partial charge in [-0.05, 0) is 42.8 Å². The lowest BCUT2D eigenvalue weighted by atomic mass is 10.0. The van der Waals surface area contributed by atoms with Crippen LogP contribution in [-0.4, -0.2) is 32.9 Å². The smallest absolute Gasteiger partial charge is 0.268 e.